The summed E-state index contributed by atoms with van der Waals surface area (Å²) in [5.41, 5.74) is 12.2. The van der Waals surface area contributed by atoms with Gasteiger partial charge in [-0.2, -0.15) is 25.3 Å². The maximum atomic E-state index is 4.41. The van der Waals surface area contributed by atoms with Crippen LogP contribution in [0.4, 0.5) is 0 Å². The highest BCUT2D eigenvalue weighted by molar-refractivity contribution is 7.80. The summed E-state index contributed by atoms with van der Waals surface area (Å²) in [5.74, 6) is 1.88. The molecule has 4 rings (SSSR count). The van der Waals surface area contributed by atoms with Gasteiger partial charge < -0.3 is 0 Å². The van der Waals surface area contributed by atoms with Crippen molar-refractivity contribution in [2.45, 2.75) is 44.9 Å². The summed E-state index contributed by atoms with van der Waals surface area (Å²) in [6.45, 7) is 0. The molecule has 2 aliphatic carbocycles. The molecule has 0 unspecified atom stereocenters. The zero-order valence-electron chi connectivity index (χ0n) is 14.7. The lowest BCUT2D eigenvalue weighted by atomic mass is 9.94. The van der Waals surface area contributed by atoms with Crippen molar-refractivity contribution < 1.29 is 0 Å². The number of aryl methyl sites for hydroxylation is 4. The van der Waals surface area contributed by atoms with Gasteiger partial charge in [0.1, 0.15) is 0 Å². The van der Waals surface area contributed by atoms with E-state index >= 15 is 0 Å². The molecule has 2 aromatic rings. The highest BCUT2D eigenvalue weighted by Crippen LogP contribution is 2.44. The first kappa shape index (κ1) is 17.3. The van der Waals surface area contributed by atoms with E-state index in [-0.39, 0.29) is 0 Å². The third-order valence-corrected chi connectivity index (χ3v) is 6.22. The number of benzene rings is 2. The first-order chi connectivity index (χ1) is 12.3. The predicted octanol–water partition coefficient (Wildman–Crippen LogP) is 5.82. The summed E-state index contributed by atoms with van der Waals surface area (Å²) < 4.78 is 0. The molecule has 2 aliphatic rings. The monoisotopic (exact) mass is 366 g/mol. The number of rotatable bonds is 5. The van der Waals surface area contributed by atoms with Crippen LogP contribution in [0.5, 0.6) is 0 Å². The van der Waals surface area contributed by atoms with Crippen LogP contribution in [0, 0.1) is 0 Å². The Kier molecular flexibility index (Phi) is 5.28. The predicted molar refractivity (Wildman–Crippen MR) is 116 cm³/mol. The number of thiol groups is 2. The molecule has 0 N–H and O–H groups in total. The number of fused-ring (bicyclic) bond motifs is 2. The molecule has 2 heteroatoms. The Bertz CT molecular complexity index is 817. The summed E-state index contributed by atoms with van der Waals surface area (Å²) in [7, 11) is 0. The van der Waals surface area contributed by atoms with E-state index in [4.69, 9.17) is 0 Å². The van der Waals surface area contributed by atoms with Crippen LogP contribution in [0.15, 0.2) is 36.4 Å². The molecule has 0 atom stereocenters. The van der Waals surface area contributed by atoms with Gasteiger partial charge in [-0.25, -0.2) is 0 Å². The van der Waals surface area contributed by atoms with Crippen LogP contribution in [-0.2, 0) is 25.7 Å². The third kappa shape index (κ3) is 3.44. The zero-order chi connectivity index (χ0) is 17.2. The minimum atomic E-state index is 0.919. The van der Waals surface area contributed by atoms with Crippen molar-refractivity contribution in [3.05, 3.63) is 69.8 Å². The molecule has 0 saturated heterocycles. The molecule has 0 radical (unpaired) electrons. The van der Waals surface area contributed by atoms with Crippen molar-refractivity contribution in [2.24, 2.45) is 0 Å². The van der Waals surface area contributed by atoms with E-state index in [1.807, 2.05) is 0 Å². The van der Waals surface area contributed by atoms with Crippen molar-refractivity contribution in [1.29, 1.82) is 0 Å². The maximum absolute atomic E-state index is 4.41. The minimum Gasteiger partial charge on any atom is -0.179 e. The van der Waals surface area contributed by atoms with E-state index in [2.05, 4.69) is 61.7 Å². The van der Waals surface area contributed by atoms with Gasteiger partial charge in [0.25, 0.3) is 0 Å². The molecule has 0 heterocycles. The Morgan fingerprint density at radius 2 is 1.20 bits per heavy atom. The minimum absolute atomic E-state index is 0.919. The van der Waals surface area contributed by atoms with E-state index < -0.39 is 0 Å². The van der Waals surface area contributed by atoms with Gasteiger partial charge in [-0.05, 0) is 101 Å². The maximum Gasteiger partial charge on any atom is -0.00574 e. The van der Waals surface area contributed by atoms with Crippen LogP contribution in [0.1, 0.15) is 52.6 Å². The lowest BCUT2D eigenvalue weighted by Crippen LogP contribution is -1.92. The average molecular weight is 367 g/mol. The third-order valence-electron chi connectivity index (χ3n) is 5.68. The van der Waals surface area contributed by atoms with Crippen molar-refractivity contribution in [3.63, 3.8) is 0 Å². The standard InChI is InChI=1S/C23H26S2/c24-12-1-2-16-3-5-18-7-9-20(22(18)14-16)21-10-8-19-6-4-17(11-13-25)15-23(19)21/h3-6,14-15,24-25H,1-2,7-13H2/b21-20-. The fraction of sp³-hybridized carbons (Fsp3) is 0.391. The molecule has 0 aliphatic heterocycles. The van der Waals surface area contributed by atoms with Gasteiger partial charge in [-0.1, -0.05) is 36.4 Å². The van der Waals surface area contributed by atoms with E-state index in [0.717, 1.165) is 30.8 Å². The van der Waals surface area contributed by atoms with Gasteiger partial charge in [0, 0.05) is 0 Å². The lowest BCUT2D eigenvalue weighted by Gasteiger charge is -2.11. The molecule has 0 bridgehead atoms. The first-order valence-corrected chi connectivity index (χ1v) is 10.7. The van der Waals surface area contributed by atoms with Crippen LogP contribution < -0.4 is 0 Å². The topological polar surface area (TPSA) is 0 Å². The molecule has 2 aromatic carbocycles. The molecule has 0 saturated carbocycles. The van der Waals surface area contributed by atoms with Gasteiger partial charge in [0.05, 0.1) is 0 Å². The fourth-order valence-electron chi connectivity index (χ4n) is 4.38. The highest BCUT2D eigenvalue weighted by Gasteiger charge is 2.25. The summed E-state index contributed by atoms with van der Waals surface area (Å²) in [5, 5.41) is 0. The lowest BCUT2D eigenvalue weighted by molar-refractivity contribution is 0.934. The van der Waals surface area contributed by atoms with Gasteiger partial charge in [0.2, 0.25) is 0 Å². The molecule has 0 spiro atoms. The highest BCUT2D eigenvalue weighted by atomic mass is 32.1. The summed E-state index contributed by atoms with van der Waals surface area (Å²) in [6.07, 6.45) is 8.16. The van der Waals surface area contributed by atoms with E-state index in [0.29, 0.717) is 0 Å². The Morgan fingerprint density at radius 3 is 1.72 bits per heavy atom. The van der Waals surface area contributed by atoms with E-state index in [9.17, 15) is 0 Å². The van der Waals surface area contributed by atoms with Crippen molar-refractivity contribution >= 4 is 36.4 Å². The molecule has 130 valence electrons. The van der Waals surface area contributed by atoms with Crippen molar-refractivity contribution in [3.8, 4) is 0 Å². The number of hydrogen-bond donors (Lipinski definition) is 2. The Balaban J connectivity index is 1.74. The van der Waals surface area contributed by atoms with Crippen LogP contribution in [0.3, 0.4) is 0 Å². The summed E-state index contributed by atoms with van der Waals surface area (Å²) in [4.78, 5) is 0. The fourth-order valence-corrected chi connectivity index (χ4v) is 4.80. The normalized spacial score (nSPS) is 18.5. The van der Waals surface area contributed by atoms with Gasteiger partial charge >= 0.3 is 0 Å². The van der Waals surface area contributed by atoms with Crippen molar-refractivity contribution in [1.82, 2.24) is 0 Å². The average Bonchev–Trinajstić information content (AvgIpc) is 3.23. The molecule has 0 amide bonds. The molecule has 0 fully saturated rings. The summed E-state index contributed by atoms with van der Waals surface area (Å²) in [6, 6.07) is 14.2. The van der Waals surface area contributed by atoms with Crippen molar-refractivity contribution in [2.75, 3.05) is 11.5 Å². The van der Waals surface area contributed by atoms with E-state index in [1.165, 1.54) is 59.1 Å². The Morgan fingerprint density at radius 1 is 0.640 bits per heavy atom. The summed E-state index contributed by atoms with van der Waals surface area (Å²) >= 11 is 8.77. The van der Waals surface area contributed by atoms with Crippen LogP contribution in [0.2, 0.25) is 0 Å². The second-order valence-electron chi connectivity index (χ2n) is 7.24. The second-order valence-corrected chi connectivity index (χ2v) is 8.14. The smallest absolute Gasteiger partial charge is 0.00574 e. The van der Waals surface area contributed by atoms with Gasteiger partial charge in [-0.3, -0.25) is 0 Å². The first-order valence-electron chi connectivity index (χ1n) is 9.48. The number of allylic oxidation sites excluding steroid dienone is 2. The van der Waals surface area contributed by atoms with Gasteiger partial charge in [-0.15, -0.1) is 0 Å². The second kappa shape index (κ2) is 7.63. The molecule has 25 heavy (non-hydrogen) atoms. The molecular weight excluding hydrogens is 340 g/mol. The quantitative estimate of drug-likeness (QED) is 0.612. The van der Waals surface area contributed by atoms with Crippen LogP contribution in [0.25, 0.3) is 11.1 Å². The molecule has 0 nitrogen and oxygen atoms in total. The van der Waals surface area contributed by atoms with Crippen LogP contribution in [-0.4, -0.2) is 11.5 Å². The van der Waals surface area contributed by atoms with Gasteiger partial charge in [0.15, 0.2) is 0 Å². The Hall–Kier alpha value is -1.12. The van der Waals surface area contributed by atoms with Crippen LogP contribution >= 0.6 is 25.3 Å². The van der Waals surface area contributed by atoms with E-state index in [1.54, 1.807) is 11.1 Å². The Labute approximate surface area is 162 Å². The zero-order valence-corrected chi connectivity index (χ0v) is 16.5. The number of hydrogen-bond acceptors (Lipinski definition) is 2. The molecular formula is C23H26S2. The molecule has 0 aromatic heterocycles. The largest absolute Gasteiger partial charge is 0.179 e. The SMILES string of the molecule is SCCCc1ccc2c(c1)/C(=C1/CCc3ccc(CCS)cc31)CC2.